The lowest BCUT2D eigenvalue weighted by atomic mass is 9.81. The number of aromatic nitrogens is 1. The second-order valence-electron chi connectivity index (χ2n) is 7.16. The monoisotopic (exact) mass is 355 g/mol. The molecule has 0 unspecified atom stereocenters. The third-order valence-corrected chi connectivity index (χ3v) is 5.36. The van der Waals surface area contributed by atoms with Crippen LogP contribution in [0.1, 0.15) is 50.3 Å². The van der Waals surface area contributed by atoms with Crippen LogP contribution in [0.5, 0.6) is 5.75 Å². The quantitative estimate of drug-likeness (QED) is 0.675. The molecule has 3 nitrogen and oxygen atoms in total. The van der Waals surface area contributed by atoms with E-state index in [-0.39, 0.29) is 17.7 Å². The number of nitrogens with zero attached hydrogens (tertiary/aromatic N) is 1. The van der Waals surface area contributed by atoms with Crippen molar-refractivity contribution in [2.75, 3.05) is 0 Å². The summed E-state index contributed by atoms with van der Waals surface area (Å²) in [5, 5.41) is 0. The van der Waals surface area contributed by atoms with Crippen LogP contribution in [0, 0.1) is 17.7 Å². The Balaban J connectivity index is 1.48. The number of halogens is 1. The predicted molar refractivity (Wildman–Crippen MR) is 99.4 cm³/mol. The maximum absolute atomic E-state index is 12.9. The van der Waals surface area contributed by atoms with Crippen molar-refractivity contribution in [3.63, 3.8) is 0 Å². The van der Waals surface area contributed by atoms with Gasteiger partial charge in [0, 0.05) is 5.69 Å². The van der Waals surface area contributed by atoms with Gasteiger partial charge in [0.2, 0.25) is 0 Å². The number of ether oxygens (including phenoxy) is 1. The second-order valence-corrected chi connectivity index (χ2v) is 7.16. The van der Waals surface area contributed by atoms with Crippen LogP contribution in [-0.4, -0.2) is 11.0 Å². The van der Waals surface area contributed by atoms with E-state index >= 15 is 0 Å². The average Bonchev–Trinajstić information content (AvgIpc) is 2.68. The van der Waals surface area contributed by atoms with Gasteiger partial charge in [-0.2, -0.15) is 0 Å². The van der Waals surface area contributed by atoms with Crippen molar-refractivity contribution in [2.24, 2.45) is 11.8 Å². The Morgan fingerprint density at radius 1 is 1.08 bits per heavy atom. The summed E-state index contributed by atoms with van der Waals surface area (Å²) >= 11 is 0. The molecule has 3 rings (SSSR count). The standard InChI is InChI=1S/C22H26FNO2/c1-2-16-3-8-18(9-4-16)22(25)26-21-14-13-20(24-15-21)12-7-17-5-10-19(23)11-6-17/h5-6,10-11,13-16,18H,2-4,7-9,12H2,1H3/t16-,18-. The summed E-state index contributed by atoms with van der Waals surface area (Å²) in [5.74, 6) is 0.955. The molecule has 26 heavy (non-hydrogen) atoms. The SMILES string of the molecule is CC[C@H]1CC[C@H](C(=O)Oc2ccc(CCc3ccc(F)cc3)nc2)CC1. The Morgan fingerprint density at radius 3 is 2.42 bits per heavy atom. The van der Waals surface area contributed by atoms with Crippen LogP contribution in [0.4, 0.5) is 4.39 Å². The molecule has 0 amide bonds. The van der Waals surface area contributed by atoms with Crippen molar-refractivity contribution < 1.29 is 13.9 Å². The van der Waals surface area contributed by atoms with E-state index in [4.69, 9.17) is 4.74 Å². The summed E-state index contributed by atoms with van der Waals surface area (Å²) in [6, 6.07) is 10.2. The molecule has 138 valence electrons. The summed E-state index contributed by atoms with van der Waals surface area (Å²) in [6.45, 7) is 2.21. The van der Waals surface area contributed by atoms with Gasteiger partial charge in [-0.1, -0.05) is 25.5 Å². The van der Waals surface area contributed by atoms with Crippen molar-refractivity contribution in [1.29, 1.82) is 0 Å². The van der Waals surface area contributed by atoms with E-state index in [1.54, 1.807) is 18.3 Å². The zero-order valence-corrected chi connectivity index (χ0v) is 15.3. The molecule has 1 aromatic carbocycles. The van der Waals surface area contributed by atoms with E-state index in [2.05, 4.69) is 11.9 Å². The van der Waals surface area contributed by atoms with Crippen molar-refractivity contribution in [2.45, 2.75) is 51.9 Å². The Bertz CT molecular complexity index is 704. The van der Waals surface area contributed by atoms with Gasteiger partial charge in [0.15, 0.2) is 0 Å². The van der Waals surface area contributed by atoms with Crippen LogP contribution in [0.3, 0.4) is 0 Å². The lowest BCUT2D eigenvalue weighted by Crippen LogP contribution is -2.25. The molecule has 0 N–H and O–H groups in total. The second kappa shape index (κ2) is 8.93. The molecule has 0 aliphatic heterocycles. The molecule has 1 saturated carbocycles. The molecule has 0 atom stereocenters. The Labute approximate surface area is 154 Å². The molecular weight excluding hydrogens is 329 g/mol. The minimum Gasteiger partial charge on any atom is -0.425 e. The molecule has 2 aromatic rings. The molecule has 1 aliphatic rings. The highest BCUT2D eigenvalue weighted by molar-refractivity contribution is 5.75. The number of aryl methyl sites for hydroxylation is 2. The van der Waals surface area contributed by atoms with Gasteiger partial charge in [-0.25, -0.2) is 4.39 Å². The summed E-state index contributed by atoms with van der Waals surface area (Å²) < 4.78 is 18.4. The van der Waals surface area contributed by atoms with E-state index < -0.39 is 0 Å². The maximum Gasteiger partial charge on any atom is 0.314 e. The average molecular weight is 355 g/mol. The molecule has 0 spiro atoms. The minimum absolute atomic E-state index is 0.0240. The molecular formula is C22H26FNO2. The molecule has 0 bridgehead atoms. The van der Waals surface area contributed by atoms with Gasteiger partial charge in [-0.15, -0.1) is 0 Å². The van der Waals surface area contributed by atoms with Crippen molar-refractivity contribution >= 4 is 5.97 Å². The van der Waals surface area contributed by atoms with Gasteiger partial charge >= 0.3 is 5.97 Å². The third-order valence-electron chi connectivity index (χ3n) is 5.36. The van der Waals surface area contributed by atoms with E-state index in [9.17, 15) is 9.18 Å². The minimum atomic E-state index is -0.221. The van der Waals surface area contributed by atoms with Gasteiger partial charge in [0.05, 0.1) is 12.1 Å². The van der Waals surface area contributed by atoms with Crippen LogP contribution in [-0.2, 0) is 17.6 Å². The van der Waals surface area contributed by atoms with E-state index in [1.807, 2.05) is 12.1 Å². The zero-order chi connectivity index (χ0) is 18.4. The maximum atomic E-state index is 12.9. The van der Waals surface area contributed by atoms with Crippen LogP contribution >= 0.6 is 0 Å². The summed E-state index contributed by atoms with van der Waals surface area (Å²) in [7, 11) is 0. The number of hydrogen-bond acceptors (Lipinski definition) is 3. The molecule has 1 aromatic heterocycles. The molecule has 0 saturated heterocycles. The largest absolute Gasteiger partial charge is 0.425 e. The fourth-order valence-corrected chi connectivity index (χ4v) is 3.55. The van der Waals surface area contributed by atoms with Crippen LogP contribution < -0.4 is 4.74 Å². The molecule has 4 heteroatoms. The fourth-order valence-electron chi connectivity index (χ4n) is 3.55. The van der Waals surface area contributed by atoms with Gasteiger partial charge < -0.3 is 4.74 Å². The first-order valence-corrected chi connectivity index (χ1v) is 9.55. The number of benzene rings is 1. The van der Waals surface area contributed by atoms with Gasteiger partial charge in [0.25, 0.3) is 0 Å². The smallest absolute Gasteiger partial charge is 0.314 e. The van der Waals surface area contributed by atoms with Gasteiger partial charge in [-0.05, 0) is 74.3 Å². The molecule has 1 fully saturated rings. The highest BCUT2D eigenvalue weighted by Crippen LogP contribution is 2.31. The number of hydrogen-bond donors (Lipinski definition) is 0. The predicted octanol–water partition coefficient (Wildman–Crippen LogP) is 5.13. The van der Waals surface area contributed by atoms with Crippen LogP contribution in [0.2, 0.25) is 0 Å². The first-order chi connectivity index (χ1) is 12.6. The number of carbonyl (C=O) groups is 1. The fraction of sp³-hybridized carbons (Fsp3) is 0.455. The normalized spacial score (nSPS) is 19.9. The molecule has 1 aliphatic carbocycles. The summed E-state index contributed by atoms with van der Waals surface area (Å²) in [4.78, 5) is 16.7. The molecule has 1 heterocycles. The Hall–Kier alpha value is -2.23. The van der Waals surface area contributed by atoms with Gasteiger partial charge in [-0.3, -0.25) is 9.78 Å². The topological polar surface area (TPSA) is 39.2 Å². The number of pyridine rings is 1. The van der Waals surface area contributed by atoms with Crippen LogP contribution in [0.15, 0.2) is 42.6 Å². The third kappa shape index (κ3) is 5.13. The van der Waals surface area contributed by atoms with E-state index in [0.717, 1.165) is 55.7 Å². The number of carbonyl (C=O) groups excluding carboxylic acids is 1. The number of esters is 1. The van der Waals surface area contributed by atoms with Crippen molar-refractivity contribution in [3.05, 3.63) is 59.7 Å². The lowest BCUT2D eigenvalue weighted by Gasteiger charge is -2.26. The van der Waals surface area contributed by atoms with Crippen LogP contribution in [0.25, 0.3) is 0 Å². The molecule has 0 radical (unpaired) electrons. The van der Waals surface area contributed by atoms with E-state index in [0.29, 0.717) is 5.75 Å². The summed E-state index contributed by atoms with van der Waals surface area (Å²) in [6.07, 6.45) is 8.49. The summed E-state index contributed by atoms with van der Waals surface area (Å²) in [5.41, 5.74) is 2.00. The first kappa shape index (κ1) is 18.6. The van der Waals surface area contributed by atoms with Crippen molar-refractivity contribution in [3.8, 4) is 5.75 Å². The highest BCUT2D eigenvalue weighted by Gasteiger charge is 2.27. The van der Waals surface area contributed by atoms with Gasteiger partial charge in [0.1, 0.15) is 11.6 Å². The lowest BCUT2D eigenvalue weighted by molar-refractivity contribution is -0.140. The zero-order valence-electron chi connectivity index (χ0n) is 15.3. The Kier molecular flexibility index (Phi) is 6.37. The van der Waals surface area contributed by atoms with Crippen molar-refractivity contribution in [1.82, 2.24) is 4.98 Å². The van der Waals surface area contributed by atoms with E-state index in [1.165, 1.54) is 18.6 Å². The first-order valence-electron chi connectivity index (χ1n) is 9.55. The highest BCUT2D eigenvalue weighted by atomic mass is 19.1. The number of rotatable bonds is 6. The Morgan fingerprint density at radius 2 is 1.81 bits per heavy atom.